The van der Waals surface area contributed by atoms with Crippen LogP contribution in [0.2, 0.25) is 0 Å². The topological polar surface area (TPSA) is 90.7 Å². The molecule has 5 heteroatoms. The monoisotopic (exact) mass is 242 g/mol. The van der Waals surface area contributed by atoms with Crippen molar-refractivity contribution in [2.45, 2.75) is 13.5 Å². The fourth-order valence-electron chi connectivity index (χ4n) is 2.23. The lowest BCUT2D eigenvalue weighted by molar-refractivity contribution is 0.480. The maximum absolute atomic E-state index is 9.83. The van der Waals surface area contributed by atoms with Crippen LogP contribution in [0, 0.1) is 6.92 Å². The molecule has 5 N–H and O–H groups in total. The van der Waals surface area contributed by atoms with Crippen LogP contribution in [0.3, 0.4) is 0 Å². The molecule has 0 aliphatic rings. The number of aromatic amines is 2. The number of aryl methyl sites for hydroxylation is 1. The Balaban J connectivity index is 2.28. The van der Waals surface area contributed by atoms with Gasteiger partial charge in [-0.15, -0.1) is 0 Å². The maximum Gasteiger partial charge on any atom is 0.139 e. The number of hydrogen-bond donors (Lipinski definition) is 4. The van der Waals surface area contributed by atoms with Crippen molar-refractivity contribution < 1.29 is 5.11 Å². The molecule has 3 rings (SSSR count). The molecule has 0 atom stereocenters. The summed E-state index contributed by atoms with van der Waals surface area (Å²) in [5.74, 6) is 1.01. The average Bonchev–Trinajstić information content (AvgIpc) is 2.93. The van der Waals surface area contributed by atoms with Crippen LogP contribution >= 0.6 is 0 Å². The second-order valence-electron chi connectivity index (χ2n) is 4.29. The van der Waals surface area contributed by atoms with Gasteiger partial charge in [-0.1, -0.05) is 12.1 Å². The van der Waals surface area contributed by atoms with Crippen molar-refractivity contribution in [2.24, 2.45) is 5.73 Å². The Labute approximate surface area is 104 Å². The van der Waals surface area contributed by atoms with E-state index in [9.17, 15) is 5.11 Å². The largest absolute Gasteiger partial charge is 0.506 e. The van der Waals surface area contributed by atoms with Gasteiger partial charge in [-0.25, -0.2) is 4.98 Å². The molecule has 0 aliphatic heterocycles. The number of aromatic nitrogens is 3. The molecule has 0 amide bonds. The third kappa shape index (κ3) is 1.48. The van der Waals surface area contributed by atoms with Gasteiger partial charge in [0.15, 0.2) is 0 Å². The fourth-order valence-corrected chi connectivity index (χ4v) is 2.23. The minimum Gasteiger partial charge on any atom is -0.506 e. The van der Waals surface area contributed by atoms with Gasteiger partial charge in [-0.05, 0) is 13.0 Å². The first-order chi connectivity index (χ1) is 8.70. The lowest BCUT2D eigenvalue weighted by Gasteiger charge is -1.97. The lowest BCUT2D eigenvalue weighted by atomic mass is 10.1. The number of H-pyrrole nitrogens is 2. The third-order valence-electron chi connectivity index (χ3n) is 3.08. The van der Waals surface area contributed by atoms with E-state index in [-0.39, 0.29) is 5.75 Å². The van der Waals surface area contributed by atoms with Crippen LogP contribution in [0.1, 0.15) is 11.4 Å². The van der Waals surface area contributed by atoms with E-state index in [4.69, 9.17) is 5.73 Å². The second kappa shape index (κ2) is 3.89. The number of para-hydroxylation sites is 1. The van der Waals surface area contributed by atoms with Gasteiger partial charge in [0, 0.05) is 35.1 Å². The highest BCUT2D eigenvalue weighted by molar-refractivity contribution is 5.98. The molecule has 0 saturated heterocycles. The van der Waals surface area contributed by atoms with E-state index < -0.39 is 0 Å². The highest BCUT2D eigenvalue weighted by Crippen LogP contribution is 2.34. The summed E-state index contributed by atoms with van der Waals surface area (Å²) in [5, 5.41) is 10.8. The summed E-state index contributed by atoms with van der Waals surface area (Å²) in [6.45, 7) is 2.39. The van der Waals surface area contributed by atoms with Crippen LogP contribution in [-0.2, 0) is 6.54 Å². The Morgan fingerprint density at radius 2 is 2.17 bits per heavy atom. The summed E-state index contributed by atoms with van der Waals surface area (Å²) in [6.07, 6.45) is 1.73. The lowest BCUT2D eigenvalue weighted by Crippen LogP contribution is -1.95. The SMILES string of the molecule is Cc1[nH]c2c(O)cccc2c1-c1ncc(CN)[nH]1. The quantitative estimate of drug-likeness (QED) is 0.554. The molecule has 1 aromatic carbocycles. The number of fused-ring (bicyclic) bond motifs is 1. The molecule has 0 aliphatic carbocycles. The first kappa shape index (κ1) is 10.9. The highest BCUT2D eigenvalue weighted by atomic mass is 16.3. The van der Waals surface area contributed by atoms with E-state index >= 15 is 0 Å². The molecular formula is C13H14N4O. The Morgan fingerprint density at radius 3 is 2.89 bits per heavy atom. The van der Waals surface area contributed by atoms with Gasteiger partial charge in [0.1, 0.15) is 11.6 Å². The molecule has 3 aromatic rings. The molecule has 0 fully saturated rings. The fraction of sp³-hybridized carbons (Fsp3) is 0.154. The standard InChI is InChI=1S/C13H14N4O/c1-7-11(13-15-6-8(5-14)17-13)9-3-2-4-10(18)12(9)16-7/h2-4,6,16,18H,5,14H2,1H3,(H,15,17). The van der Waals surface area contributed by atoms with Crippen LogP contribution < -0.4 is 5.73 Å². The molecule has 2 aromatic heterocycles. The smallest absolute Gasteiger partial charge is 0.139 e. The number of nitrogens with zero attached hydrogens (tertiary/aromatic N) is 1. The van der Waals surface area contributed by atoms with Crippen molar-refractivity contribution in [3.05, 3.63) is 35.8 Å². The number of benzene rings is 1. The predicted molar refractivity (Wildman–Crippen MR) is 70.2 cm³/mol. The molecule has 2 heterocycles. The van der Waals surface area contributed by atoms with Gasteiger partial charge < -0.3 is 20.8 Å². The predicted octanol–water partition coefficient (Wildman–Crippen LogP) is 2.03. The summed E-state index contributed by atoms with van der Waals surface area (Å²) in [6, 6.07) is 5.44. The van der Waals surface area contributed by atoms with Crippen molar-refractivity contribution in [2.75, 3.05) is 0 Å². The van der Waals surface area contributed by atoms with Crippen LogP contribution in [0.25, 0.3) is 22.3 Å². The molecular weight excluding hydrogens is 228 g/mol. The van der Waals surface area contributed by atoms with Crippen LogP contribution in [0.5, 0.6) is 5.75 Å². The molecule has 0 saturated carbocycles. The van der Waals surface area contributed by atoms with Gasteiger partial charge in [0.25, 0.3) is 0 Å². The number of nitrogens with one attached hydrogen (secondary N) is 2. The Hall–Kier alpha value is -2.27. The summed E-state index contributed by atoms with van der Waals surface area (Å²) in [4.78, 5) is 10.7. The summed E-state index contributed by atoms with van der Waals surface area (Å²) in [7, 11) is 0. The highest BCUT2D eigenvalue weighted by Gasteiger charge is 2.14. The maximum atomic E-state index is 9.83. The second-order valence-corrected chi connectivity index (χ2v) is 4.29. The molecule has 92 valence electrons. The molecule has 0 unspecified atom stereocenters. The zero-order valence-electron chi connectivity index (χ0n) is 9.99. The number of aromatic hydroxyl groups is 1. The molecule has 18 heavy (non-hydrogen) atoms. The summed E-state index contributed by atoms with van der Waals surface area (Å²) >= 11 is 0. The van der Waals surface area contributed by atoms with Gasteiger partial charge in [-0.3, -0.25) is 0 Å². The number of nitrogens with two attached hydrogens (primary N) is 1. The van der Waals surface area contributed by atoms with Crippen molar-refractivity contribution >= 4 is 10.9 Å². The van der Waals surface area contributed by atoms with E-state index in [1.807, 2.05) is 19.1 Å². The number of phenols is 1. The zero-order valence-corrected chi connectivity index (χ0v) is 9.99. The van der Waals surface area contributed by atoms with Crippen molar-refractivity contribution in [1.29, 1.82) is 0 Å². The van der Waals surface area contributed by atoms with Gasteiger partial charge >= 0.3 is 0 Å². The van der Waals surface area contributed by atoms with E-state index in [1.54, 1.807) is 12.3 Å². The Morgan fingerprint density at radius 1 is 1.33 bits per heavy atom. The Kier molecular flexibility index (Phi) is 2.34. The first-order valence-corrected chi connectivity index (χ1v) is 5.75. The van der Waals surface area contributed by atoms with Crippen molar-refractivity contribution in [3.63, 3.8) is 0 Å². The summed E-state index contributed by atoms with van der Waals surface area (Å²) in [5.41, 5.74) is 9.13. The number of hydrogen-bond acceptors (Lipinski definition) is 3. The van der Waals surface area contributed by atoms with Gasteiger partial charge in [0.05, 0.1) is 5.52 Å². The van der Waals surface area contributed by atoms with Crippen molar-refractivity contribution in [3.8, 4) is 17.1 Å². The third-order valence-corrected chi connectivity index (χ3v) is 3.08. The van der Waals surface area contributed by atoms with Crippen molar-refractivity contribution in [1.82, 2.24) is 15.0 Å². The number of rotatable bonds is 2. The Bertz CT molecular complexity index is 711. The van der Waals surface area contributed by atoms with E-state index in [0.29, 0.717) is 6.54 Å². The van der Waals surface area contributed by atoms with E-state index in [1.165, 1.54) is 0 Å². The molecule has 5 nitrogen and oxygen atoms in total. The molecule has 0 spiro atoms. The minimum atomic E-state index is 0.243. The first-order valence-electron chi connectivity index (χ1n) is 5.75. The molecule has 0 bridgehead atoms. The number of phenolic OH excluding ortho intramolecular Hbond substituents is 1. The van der Waals surface area contributed by atoms with E-state index in [0.717, 1.165) is 33.7 Å². The summed E-state index contributed by atoms with van der Waals surface area (Å²) < 4.78 is 0. The van der Waals surface area contributed by atoms with Crippen LogP contribution in [-0.4, -0.2) is 20.1 Å². The molecule has 0 radical (unpaired) electrons. The number of imidazole rings is 1. The van der Waals surface area contributed by atoms with E-state index in [2.05, 4.69) is 15.0 Å². The van der Waals surface area contributed by atoms with Crippen LogP contribution in [0.4, 0.5) is 0 Å². The minimum absolute atomic E-state index is 0.243. The zero-order chi connectivity index (χ0) is 12.7. The van der Waals surface area contributed by atoms with Gasteiger partial charge in [-0.2, -0.15) is 0 Å². The normalized spacial score (nSPS) is 11.2. The average molecular weight is 242 g/mol. The van der Waals surface area contributed by atoms with Crippen LogP contribution in [0.15, 0.2) is 24.4 Å². The van der Waals surface area contributed by atoms with Gasteiger partial charge in [0.2, 0.25) is 0 Å².